The van der Waals surface area contributed by atoms with Crippen LogP contribution >= 0.6 is 0 Å². The molecule has 0 fully saturated rings. The van der Waals surface area contributed by atoms with Gasteiger partial charge in [-0.2, -0.15) is 0 Å². The molecule has 0 heterocycles. The summed E-state index contributed by atoms with van der Waals surface area (Å²) in [4.78, 5) is 4.08. The molecule has 170 valence electrons. The van der Waals surface area contributed by atoms with Crippen LogP contribution in [0, 0.1) is 23.7 Å². The maximum atomic E-state index is 4.08. The summed E-state index contributed by atoms with van der Waals surface area (Å²) in [5.41, 5.74) is 1.28. The van der Waals surface area contributed by atoms with E-state index in [1.54, 1.807) is 0 Å². The summed E-state index contributed by atoms with van der Waals surface area (Å²) in [5, 5.41) is 0. The van der Waals surface area contributed by atoms with Gasteiger partial charge < -0.3 is 0 Å². The first kappa shape index (κ1) is 29.9. The molecule has 0 aromatic carbocycles. The van der Waals surface area contributed by atoms with Gasteiger partial charge in [0.15, 0.2) is 0 Å². The van der Waals surface area contributed by atoms with Crippen LogP contribution in [0.25, 0.3) is 0 Å². The van der Waals surface area contributed by atoms with Crippen molar-refractivity contribution in [2.75, 3.05) is 7.05 Å². The molecule has 0 aromatic heterocycles. The van der Waals surface area contributed by atoms with Crippen molar-refractivity contribution in [2.45, 2.75) is 139 Å². The maximum absolute atomic E-state index is 4.08. The van der Waals surface area contributed by atoms with Gasteiger partial charge in [0.05, 0.1) is 0 Å². The smallest absolute Gasteiger partial charge is 0.0276 e. The average Bonchev–Trinajstić information content (AvgIpc) is 2.61. The summed E-state index contributed by atoms with van der Waals surface area (Å²) in [6.07, 6.45) is 18.1. The van der Waals surface area contributed by atoms with E-state index in [4.69, 9.17) is 0 Å². The lowest BCUT2D eigenvalue weighted by molar-refractivity contribution is 0.381. The van der Waals surface area contributed by atoms with Gasteiger partial charge in [-0.05, 0) is 43.4 Å². The Balaban J connectivity index is 0. The van der Waals surface area contributed by atoms with E-state index in [0.717, 1.165) is 23.7 Å². The average molecular weight is 396 g/mol. The second kappa shape index (κ2) is 21.4. The van der Waals surface area contributed by atoms with Crippen LogP contribution in [0.2, 0.25) is 0 Å². The Morgan fingerprint density at radius 1 is 0.607 bits per heavy atom. The van der Waals surface area contributed by atoms with Gasteiger partial charge in [0.25, 0.3) is 0 Å². The predicted molar refractivity (Wildman–Crippen MR) is 133 cm³/mol. The highest BCUT2D eigenvalue weighted by molar-refractivity contribution is 5.81. The molecule has 1 heteroatoms. The number of unbranched alkanes of at least 4 members (excludes halogenated alkanes) is 2. The van der Waals surface area contributed by atoms with Gasteiger partial charge in [-0.15, -0.1) is 0 Å². The van der Waals surface area contributed by atoms with Crippen molar-refractivity contribution in [1.82, 2.24) is 0 Å². The van der Waals surface area contributed by atoms with Crippen LogP contribution in [0.4, 0.5) is 0 Å². The molecule has 0 aliphatic heterocycles. The monoisotopic (exact) mass is 395 g/mol. The van der Waals surface area contributed by atoms with Crippen molar-refractivity contribution in [3.63, 3.8) is 0 Å². The molecule has 0 bridgehead atoms. The van der Waals surface area contributed by atoms with Crippen molar-refractivity contribution in [1.29, 1.82) is 0 Å². The Morgan fingerprint density at radius 2 is 1.00 bits per heavy atom. The van der Waals surface area contributed by atoms with Gasteiger partial charge in [0.2, 0.25) is 0 Å². The lowest BCUT2D eigenvalue weighted by Crippen LogP contribution is -2.00. The predicted octanol–water partition coefficient (Wildman–Crippen LogP) is 9.74. The minimum absolute atomic E-state index is 0.883. The third-order valence-electron chi connectivity index (χ3n) is 5.87. The molecule has 0 saturated heterocycles. The van der Waals surface area contributed by atoms with Gasteiger partial charge in [-0.25, -0.2) is 0 Å². The van der Waals surface area contributed by atoms with E-state index in [0.29, 0.717) is 0 Å². The zero-order valence-electron chi connectivity index (χ0n) is 21.4. The van der Waals surface area contributed by atoms with Crippen LogP contribution in [0.15, 0.2) is 4.99 Å². The van der Waals surface area contributed by atoms with E-state index >= 15 is 0 Å². The van der Waals surface area contributed by atoms with Gasteiger partial charge >= 0.3 is 0 Å². The second-order valence-corrected chi connectivity index (χ2v) is 10.2. The van der Waals surface area contributed by atoms with Gasteiger partial charge in [0.1, 0.15) is 0 Å². The van der Waals surface area contributed by atoms with Crippen LogP contribution in [-0.4, -0.2) is 12.8 Å². The molecule has 0 spiro atoms. The lowest BCUT2D eigenvalue weighted by Gasteiger charge is -2.15. The van der Waals surface area contributed by atoms with Gasteiger partial charge in [-0.3, -0.25) is 4.99 Å². The summed E-state index contributed by atoms with van der Waals surface area (Å²) in [7, 11) is 1.86. The Labute approximate surface area is 180 Å². The molecule has 0 saturated carbocycles. The first-order valence-electron chi connectivity index (χ1n) is 12.6. The van der Waals surface area contributed by atoms with Crippen LogP contribution in [0.1, 0.15) is 139 Å². The molecule has 0 amide bonds. The fourth-order valence-electron chi connectivity index (χ4n) is 3.60. The summed E-state index contributed by atoms with van der Waals surface area (Å²) >= 11 is 0. The molecule has 28 heavy (non-hydrogen) atoms. The molecule has 0 aliphatic carbocycles. The van der Waals surface area contributed by atoms with Crippen molar-refractivity contribution < 1.29 is 0 Å². The van der Waals surface area contributed by atoms with Crippen molar-refractivity contribution in [2.24, 2.45) is 28.7 Å². The molecule has 0 rings (SSSR count). The van der Waals surface area contributed by atoms with Crippen LogP contribution in [0.3, 0.4) is 0 Å². The highest BCUT2D eigenvalue weighted by atomic mass is 14.7. The van der Waals surface area contributed by atoms with E-state index in [-0.39, 0.29) is 0 Å². The SMILES string of the molecule is CC(C)CCCC(C)CCCC(C)CCCC(C)C.CCCCC/C(C)=N\C. The highest BCUT2D eigenvalue weighted by Gasteiger charge is 2.06. The molecule has 2 atom stereocenters. The van der Waals surface area contributed by atoms with Gasteiger partial charge in [-0.1, -0.05) is 119 Å². The second-order valence-electron chi connectivity index (χ2n) is 10.2. The Morgan fingerprint density at radius 3 is 1.32 bits per heavy atom. The van der Waals surface area contributed by atoms with E-state index in [2.05, 4.69) is 60.4 Å². The summed E-state index contributed by atoms with van der Waals surface area (Å²) in [5.74, 6) is 3.66. The molecule has 0 N–H and O–H groups in total. The first-order valence-corrected chi connectivity index (χ1v) is 12.6. The van der Waals surface area contributed by atoms with Crippen molar-refractivity contribution in [3.8, 4) is 0 Å². The van der Waals surface area contributed by atoms with Crippen LogP contribution in [-0.2, 0) is 0 Å². The largest absolute Gasteiger partial charge is 0.298 e. The van der Waals surface area contributed by atoms with Crippen LogP contribution < -0.4 is 0 Å². The zero-order chi connectivity index (χ0) is 21.8. The first-order chi connectivity index (χ1) is 13.2. The number of hydrogen-bond acceptors (Lipinski definition) is 1. The molecule has 2 unspecified atom stereocenters. The van der Waals surface area contributed by atoms with Crippen LogP contribution in [0.5, 0.6) is 0 Å². The third-order valence-corrected chi connectivity index (χ3v) is 5.87. The fraction of sp³-hybridized carbons (Fsp3) is 0.963. The van der Waals surface area contributed by atoms with Crippen molar-refractivity contribution in [3.05, 3.63) is 0 Å². The summed E-state index contributed by atoms with van der Waals surface area (Å²) < 4.78 is 0. The Kier molecular flexibility index (Phi) is 22.8. The molecule has 0 aliphatic rings. The van der Waals surface area contributed by atoms with E-state index in [9.17, 15) is 0 Å². The third kappa shape index (κ3) is 25.7. The fourth-order valence-corrected chi connectivity index (χ4v) is 3.60. The summed E-state index contributed by atoms with van der Waals surface area (Å²) in [6.45, 7) is 18.6. The van der Waals surface area contributed by atoms with E-state index < -0.39 is 0 Å². The van der Waals surface area contributed by atoms with E-state index in [1.165, 1.54) is 89.2 Å². The Hall–Kier alpha value is -0.330. The Bertz CT molecular complexity index is 309. The minimum atomic E-state index is 0.883. The molecule has 1 nitrogen and oxygen atoms in total. The van der Waals surface area contributed by atoms with E-state index in [1.807, 2.05) is 7.05 Å². The summed E-state index contributed by atoms with van der Waals surface area (Å²) in [6, 6.07) is 0. The maximum Gasteiger partial charge on any atom is 0.0276 e. The molecular formula is C27H57N. The minimum Gasteiger partial charge on any atom is -0.298 e. The highest BCUT2D eigenvalue weighted by Crippen LogP contribution is 2.21. The number of aliphatic imine (C=N–C) groups is 1. The normalized spacial score (nSPS) is 14.2. The number of nitrogens with zero attached hydrogens (tertiary/aromatic N) is 1. The number of hydrogen-bond donors (Lipinski definition) is 0. The topological polar surface area (TPSA) is 12.4 Å². The van der Waals surface area contributed by atoms with Gasteiger partial charge in [0, 0.05) is 12.8 Å². The molecular weight excluding hydrogens is 338 g/mol. The van der Waals surface area contributed by atoms with Crippen molar-refractivity contribution >= 4 is 5.71 Å². The quantitative estimate of drug-likeness (QED) is 0.182. The number of rotatable bonds is 16. The lowest BCUT2D eigenvalue weighted by atomic mass is 9.91. The molecule has 0 radical (unpaired) electrons. The molecule has 0 aromatic rings. The zero-order valence-corrected chi connectivity index (χ0v) is 21.4. The standard InChI is InChI=1S/C19H40.C8H17N/c1-16(2)10-7-12-18(5)14-9-15-19(6)13-8-11-17(3)4;1-4-5-6-7-8(2)9-3/h16-19H,7-15H2,1-6H3;4-7H2,1-3H3/b;9-8-.